The number of ether oxygens (including phenoxy) is 1. The summed E-state index contributed by atoms with van der Waals surface area (Å²) in [6, 6.07) is 14.7. The normalized spacial score (nSPS) is 11.1. The fraction of sp³-hybridized carbons (Fsp3) is 0.125. The molecule has 0 heterocycles. The van der Waals surface area contributed by atoms with E-state index in [-0.39, 0.29) is 0 Å². The smallest absolute Gasteiger partial charge is 0.427 e. The monoisotopic (exact) mass is 336 g/mol. The molecule has 0 saturated carbocycles. The average molecular weight is 337 g/mol. The lowest BCUT2D eigenvalue weighted by Crippen LogP contribution is -2.20. The van der Waals surface area contributed by atoms with Gasteiger partial charge in [-0.1, -0.05) is 47.5 Å². The van der Waals surface area contributed by atoms with Crippen LogP contribution < -0.4 is 5.43 Å². The molecular formula is C16H14Cl2N2O2. The minimum Gasteiger partial charge on any atom is -0.452 e. The van der Waals surface area contributed by atoms with Crippen LogP contribution in [0.15, 0.2) is 53.6 Å². The summed E-state index contributed by atoms with van der Waals surface area (Å²) in [7, 11) is 1.28. The van der Waals surface area contributed by atoms with Crippen LogP contribution in [0.3, 0.4) is 0 Å². The van der Waals surface area contributed by atoms with E-state index in [2.05, 4.69) is 15.3 Å². The third-order valence-corrected chi connectivity index (χ3v) is 3.43. The van der Waals surface area contributed by atoms with E-state index in [1.54, 1.807) is 12.1 Å². The van der Waals surface area contributed by atoms with E-state index in [1.165, 1.54) is 7.11 Å². The van der Waals surface area contributed by atoms with Crippen LogP contribution in [-0.4, -0.2) is 18.9 Å². The van der Waals surface area contributed by atoms with Crippen molar-refractivity contribution in [1.29, 1.82) is 0 Å². The Balaban J connectivity index is 2.26. The van der Waals surface area contributed by atoms with E-state index in [0.717, 1.165) is 11.1 Å². The molecule has 0 bridgehead atoms. The predicted molar refractivity (Wildman–Crippen MR) is 88.7 cm³/mol. The fourth-order valence-electron chi connectivity index (χ4n) is 1.80. The minimum absolute atomic E-state index is 0.531. The van der Waals surface area contributed by atoms with Crippen molar-refractivity contribution >= 4 is 35.0 Å². The number of halogens is 2. The number of rotatable bonds is 4. The van der Waals surface area contributed by atoms with Gasteiger partial charge in [-0.2, -0.15) is 5.10 Å². The van der Waals surface area contributed by atoms with Gasteiger partial charge in [0.15, 0.2) is 0 Å². The summed E-state index contributed by atoms with van der Waals surface area (Å²) in [6.07, 6.45) is -0.0921. The summed E-state index contributed by atoms with van der Waals surface area (Å²) < 4.78 is 4.53. The summed E-state index contributed by atoms with van der Waals surface area (Å²) >= 11 is 11.8. The number of carbonyl (C=O) groups excluding carboxylic acids is 1. The standard InChI is InChI=1S/C16H14Cl2N2O2/c1-22-16(21)20-19-15(12-4-8-14(18)9-5-12)10-11-2-6-13(17)7-3-11/h2-9H,10H2,1H3,(H,20,21). The topological polar surface area (TPSA) is 50.7 Å². The van der Waals surface area contributed by atoms with E-state index in [1.807, 2.05) is 36.4 Å². The molecule has 0 fully saturated rings. The molecule has 0 aliphatic carbocycles. The van der Waals surface area contributed by atoms with Gasteiger partial charge in [-0.05, 0) is 35.4 Å². The van der Waals surface area contributed by atoms with Gasteiger partial charge in [0.05, 0.1) is 12.8 Å². The van der Waals surface area contributed by atoms with E-state index in [0.29, 0.717) is 22.2 Å². The highest BCUT2D eigenvalue weighted by atomic mass is 35.5. The first kappa shape index (κ1) is 16.3. The molecule has 22 heavy (non-hydrogen) atoms. The summed E-state index contributed by atoms with van der Waals surface area (Å²) in [5.41, 5.74) is 4.91. The molecule has 0 unspecified atom stereocenters. The van der Waals surface area contributed by atoms with Crippen molar-refractivity contribution in [2.24, 2.45) is 5.10 Å². The van der Waals surface area contributed by atoms with Crippen LogP contribution in [0.5, 0.6) is 0 Å². The number of methoxy groups -OCH3 is 1. The van der Waals surface area contributed by atoms with Gasteiger partial charge in [-0.15, -0.1) is 0 Å². The molecule has 2 rings (SSSR count). The highest BCUT2D eigenvalue weighted by molar-refractivity contribution is 6.31. The zero-order chi connectivity index (χ0) is 15.9. The van der Waals surface area contributed by atoms with Crippen LogP contribution in [0.25, 0.3) is 0 Å². The van der Waals surface area contributed by atoms with E-state index >= 15 is 0 Å². The summed E-state index contributed by atoms with van der Waals surface area (Å²) in [5.74, 6) is 0. The third-order valence-electron chi connectivity index (χ3n) is 2.93. The van der Waals surface area contributed by atoms with Gasteiger partial charge in [0, 0.05) is 16.5 Å². The molecule has 1 amide bonds. The van der Waals surface area contributed by atoms with Gasteiger partial charge in [0.2, 0.25) is 0 Å². The molecule has 0 spiro atoms. The number of nitrogens with zero attached hydrogens (tertiary/aromatic N) is 1. The molecule has 2 aromatic carbocycles. The van der Waals surface area contributed by atoms with Gasteiger partial charge >= 0.3 is 6.09 Å². The Morgan fingerprint density at radius 2 is 1.59 bits per heavy atom. The second kappa shape index (κ2) is 7.82. The van der Waals surface area contributed by atoms with Crippen LogP contribution in [0.1, 0.15) is 11.1 Å². The highest BCUT2D eigenvalue weighted by Gasteiger charge is 2.07. The van der Waals surface area contributed by atoms with Crippen LogP contribution in [0, 0.1) is 0 Å². The Kier molecular flexibility index (Phi) is 5.81. The quantitative estimate of drug-likeness (QED) is 0.668. The molecular weight excluding hydrogens is 323 g/mol. The lowest BCUT2D eigenvalue weighted by molar-refractivity contribution is 0.171. The molecule has 0 atom stereocenters. The second-order valence-corrected chi connectivity index (χ2v) is 5.34. The van der Waals surface area contributed by atoms with Crippen molar-refractivity contribution in [2.75, 3.05) is 7.11 Å². The maximum absolute atomic E-state index is 11.2. The first-order valence-electron chi connectivity index (χ1n) is 6.49. The number of carbonyl (C=O) groups is 1. The Labute approximate surface area is 138 Å². The number of hydrazone groups is 1. The molecule has 0 radical (unpaired) electrons. The summed E-state index contributed by atoms with van der Waals surface area (Å²) in [4.78, 5) is 11.2. The lowest BCUT2D eigenvalue weighted by atomic mass is 10.0. The number of benzene rings is 2. The second-order valence-electron chi connectivity index (χ2n) is 4.47. The Morgan fingerprint density at radius 3 is 2.14 bits per heavy atom. The molecule has 6 heteroatoms. The van der Waals surface area contributed by atoms with Crippen LogP contribution in [0.2, 0.25) is 10.0 Å². The fourth-order valence-corrected chi connectivity index (χ4v) is 2.05. The van der Waals surface area contributed by atoms with Crippen LogP contribution in [-0.2, 0) is 11.2 Å². The summed E-state index contributed by atoms with van der Waals surface area (Å²) in [6.45, 7) is 0. The van der Waals surface area contributed by atoms with Crippen LogP contribution in [0.4, 0.5) is 4.79 Å². The largest absolute Gasteiger partial charge is 0.452 e. The Bertz CT molecular complexity index is 668. The Hall–Kier alpha value is -2.04. The molecule has 0 saturated heterocycles. The molecule has 0 aliphatic rings. The van der Waals surface area contributed by atoms with Gasteiger partial charge < -0.3 is 4.74 Å². The molecule has 2 aromatic rings. The maximum Gasteiger partial charge on any atom is 0.427 e. The van der Waals surface area contributed by atoms with Crippen molar-refractivity contribution in [3.63, 3.8) is 0 Å². The first-order valence-corrected chi connectivity index (χ1v) is 7.25. The summed E-state index contributed by atoms with van der Waals surface area (Å²) in [5, 5.41) is 5.43. The number of hydrogen-bond donors (Lipinski definition) is 1. The molecule has 1 N–H and O–H groups in total. The zero-order valence-electron chi connectivity index (χ0n) is 11.8. The van der Waals surface area contributed by atoms with Gasteiger partial charge in [-0.25, -0.2) is 10.2 Å². The average Bonchev–Trinajstić information content (AvgIpc) is 2.54. The van der Waals surface area contributed by atoms with Crippen molar-refractivity contribution in [3.8, 4) is 0 Å². The molecule has 4 nitrogen and oxygen atoms in total. The maximum atomic E-state index is 11.2. The highest BCUT2D eigenvalue weighted by Crippen LogP contribution is 2.15. The Morgan fingerprint density at radius 1 is 1.05 bits per heavy atom. The van der Waals surface area contributed by atoms with E-state index < -0.39 is 6.09 Å². The van der Waals surface area contributed by atoms with Crippen molar-refractivity contribution in [3.05, 3.63) is 69.7 Å². The van der Waals surface area contributed by atoms with Gasteiger partial charge in [0.1, 0.15) is 0 Å². The van der Waals surface area contributed by atoms with E-state index in [4.69, 9.17) is 23.2 Å². The molecule has 0 aliphatic heterocycles. The zero-order valence-corrected chi connectivity index (χ0v) is 13.4. The van der Waals surface area contributed by atoms with E-state index in [9.17, 15) is 4.79 Å². The van der Waals surface area contributed by atoms with Crippen molar-refractivity contribution in [2.45, 2.75) is 6.42 Å². The molecule has 114 valence electrons. The lowest BCUT2D eigenvalue weighted by Gasteiger charge is -2.08. The van der Waals surface area contributed by atoms with Gasteiger partial charge in [0.25, 0.3) is 0 Å². The van der Waals surface area contributed by atoms with Crippen LogP contribution >= 0.6 is 23.2 Å². The van der Waals surface area contributed by atoms with Crippen molar-refractivity contribution < 1.29 is 9.53 Å². The first-order chi connectivity index (χ1) is 10.6. The number of amides is 1. The van der Waals surface area contributed by atoms with Crippen molar-refractivity contribution in [1.82, 2.24) is 5.43 Å². The SMILES string of the molecule is COC(=O)NN=C(Cc1ccc(Cl)cc1)c1ccc(Cl)cc1. The minimum atomic E-state index is -0.623. The number of nitrogens with one attached hydrogen (secondary N) is 1. The third kappa shape index (κ3) is 4.76. The number of hydrogen-bond acceptors (Lipinski definition) is 3. The van der Waals surface area contributed by atoms with Gasteiger partial charge in [-0.3, -0.25) is 0 Å². The predicted octanol–water partition coefficient (Wildman–Crippen LogP) is 4.30. The molecule has 0 aromatic heterocycles.